The first-order valence-corrected chi connectivity index (χ1v) is 12.4. The van der Waals surface area contributed by atoms with Crippen molar-refractivity contribution in [2.75, 3.05) is 11.9 Å². The number of anilines is 1. The summed E-state index contributed by atoms with van der Waals surface area (Å²) in [6.45, 7) is 4.83. The van der Waals surface area contributed by atoms with E-state index in [1.807, 2.05) is 61.7 Å². The predicted molar refractivity (Wildman–Crippen MR) is 137 cm³/mol. The van der Waals surface area contributed by atoms with Gasteiger partial charge in [-0.3, -0.25) is 4.79 Å². The third-order valence-electron chi connectivity index (χ3n) is 5.36. The number of rotatable bonds is 9. The molecule has 1 heterocycles. The number of amides is 3. The summed E-state index contributed by atoms with van der Waals surface area (Å²) < 4.78 is 0. The van der Waals surface area contributed by atoms with Gasteiger partial charge in [0.05, 0.1) is 17.3 Å². The van der Waals surface area contributed by atoms with E-state index in [1.54, 1.807) is 39.3 Å². The van der Waals surface area contributed by atoms with Gasteiger partial charge >= 0.3 is 6.03 Å². The van der Waals surface area contributed by atoms with Crippen LogP contribution >= 0.6 is 34.5 Å². The van der Waals surface area contributed by atoms with E-state index < -0.39 is 0 Å². The molecule has 1 N–H and O–H groups in total. The Hall–Kier alpha value is -2.54. The molecule has 0 aliphatic carbocycles. The summed E-state index contributed by atoms with van der Waals surface area (Å²) in [5, 5.41) is 5.64. The molecule has 5 nitrogen and oxygen atoms in total. The molecular formula is C25H27Cl2N3O2S. The SMILES string of the molecule is CCC(C)N(CC(=O)N(Cc1ccccc1)Cc1cccs1)C(=O)Nc1ccc(Cl)cc1Cl. The van der Waals surface area contributed by atoms with E-state index in [4.69, 9.17) is 23.2 Å². The molecule has 8 heteroatoms. The van der Waals surface area contributed by atoms with E-state index in [1.165, 1.54) is 0 Å². The van der Waals surface area contributed by atoms with Gasteiger partial charge < -0.3 is 15.1 Å². The van der Waals surface area contributed by atoms with E-state index in [2.05, 4.69) is 5.32 Å². The number of thiophene rings is 1. The Bertz CT molecular complexity index is 1060. The summed E-state index contributed by atoms with van der Waals surface area (Å²) in [5.74, 6) is -0.120. The van der Waals surface area contributed by atoms with Crippen molar-refractivity contribution in [3.05, 3.63) is 86.5 Å². The van der Waals surface area contributed by atoms with Crippen LogP contribution in [0, 0.1) is 0 Å². The number of hydrogen-bond acceptors (Lipinski definition) is 3. The number of nitrogens with one attached hydrogen (secondary N) is 1. The third-order valence-corrected chi connectivity index (χ3v) is 6.77. The lowest BCUT2D eigenvalue weighted by atomic mass is 10.2. The molecule has 1 unspecified atom stereocenters. The molecule has 0 bridgehead atoms. The van der Waals surface area contributed by atoms with Crippen molar-refractivity contribution >= 4 is 52.2 Å². The van der Waals surface area contributed by atoms with Gasteiger partial charge in [0, 0.05) is 22.5 Å². The van der Waals surface area contributed by atoms with Gasteiger partial charge in [-0.05, 0) is 48.6 Å². The van der Waals surface area contributed by atoms with Crippen LogP contribution in [0.2, 0.25) is 10.0 Å². The molecule has 0 aliphatic heterocycles. The predicted octanol–water partition coefficient (Wildman–Crippen LogP) is 6.92. The Balaban J connectivity index is 1.78. The topological polar surface area (TPSA) is 52.7 Å². The summed E-state index contributed by atoms with van der Waals surface area (Å²) in [5.41, 5.74) is 1.49. The summed E-state index contributed by atoms with van der Waals surface area (Å²) in [4.78, 5) is 31.0. The number of nitrogens with zero attached hydrogens (tertiary/aromatic N) is 2. The van der Waals surface area contributed by atoms with Crippen molar-refractivity contribution in [2.24, 2.45) is 0 Å². The van der Waals surface area contributed by atoms with E-state index in [9.17, 15) is 9.59 Å². The molecule has 1 aromatic heterocycles. The number of hydrogen-bond donors (Lipinski definition) is 1. The fraction of sp³-hybridized carbons (Fsp3) is 0.280. The van der Waals surface area contributed by atoms with Crippen LogP contribution in [-0.2, 0) is 17.9 Å². The van der Waals surface area contributed by atoms with Gasteiger partial charge in [-0.25, -0.2) is 4.79 Å². The molecule has 3 aromatic rings. The average molecular weight is 504 g/mol. The summed E-state index contributed by atoms with van der Waals surface area (Å²) in [6, 6.07) is 18.2. The molecule has 0 radical (unpaired) electrons. The van der Waals surface area contributed by atoms with Gasteiger partial charge in [-0.1, -0.05) is 66.5 Å². The zero-order valence-corrected chi connectivity index (χ0v) is 21.0. The first-order valence-electron chi connectivity index (χ1n) is 10.7. The molecule has 0 fully saturated rings. The van der Waals surface area contributed by atoms with Crippen molar-refractivity contribution < 1.29 is 9.59 Å². The smallest absolute Gasteiger partial charge is 0.322 e. The largest absolute Gasteiger partial charge is 0.332 e. The molecule has 0 saturated carbocycles. The van der Waals surface area contributed by atoms with Gasteiger partial charge in [-0.2, -0.15) is 0 Å². The Labute approximate surface area is 208 Å². The third kappa shape index (κ3) is 7.22. The second-order valence-electron chi connectivity index (χ2n) is 7.75. The van der Waals surface area contributed by atoms with Crippen LogP contribution in [0.15, 0.2) is 66.0 Å². The number of urea groups is 1. The van der Waals surface area contributed by atoms with Crippen LogP contribution in [0.4, 0.5) is 10.5 Å². The van der Waals surface area contributed by atoms with Crippen LogP contribution in [0.3, 0.4) is 0 Å². The highest BCUT2D eigenvalue weighted by atomic mass is 35.5. The lowest BCUT2D eigenvalue weighted by molar-refractivity contribution is -0.133. The Kier molecular flexibility index (Phi) is 9.18. The first-order chi connectivity index (χ1) is 15.9. The maximum absolute atomic E-state index is 13.4. The number of carbonyl (C=O) groups is 2. The minimum Gasteiger partial charge on any atom is -0.332 e. The van der Waals surface area contributed by atoms with Crippen molar-refractivity contribution in [1.29, 1.82) is 0 Å². The van der Waals surface area contributed by atoms with Crippen LogP contribution in [-0.4, -0.2) is 34.3 Å². The second kappa shape index (κ2) is 12.1. The number of benzene rings is 2. The van der Waals surface area contributed by atoms with E-state index in [0.717, 1.165) is 10.4 Å². The van der Waals surface area contributed by atoms with Gasteiger partial charge in [-0.15, -0.1) is 11.3 Å². The van der Waals surface area contributed by atoms with Crippen LogP contribution in [0.25, 0.3) is 0 Å². The molecule has 1 atom stereocenters. The molecule has 174 valence electrons. The Morgan fingerprint density at radius 3 is 2.42 bits per heavy atom. The second-order valence-corrected chi connectivity index (χ2v) is 9.63. The van der Waals surface area contributed by atoms with E-state index in [0.29, 0.717) is 35.2 Å². The van der Waals surface area contributed by atoms with Crippen molar-refractivity contribution in [2.45, 2.75) is 39.4 Å². The van der Waals surface area contributed by atoms with Crippen molar-refractivity contribution in [3.8, 4) is 0 Å². The quantitative estimate of drug-likeness (QED) is 0.344. The highest BCUT2D eigenvalue weighted by Crippen LogP contribution is 2.26. The zero-order chi connectivity index (χ0) is 23.8. The normalized spacial score (nSPS) is 11.6. The Morgan fingerprint density at radius 2 is 1.79 bits per heavy atom. The fourth-order valence-electron chi connectivity index (χ4n) is 3.30. The monoisotopic (exact) mass is 503 g/mol. The highest BCUT2D eigenvalue weighted by molar-refractivity contribution is 7.09. The number of halogens is 2. The zero-order valence-electron chi connectivity index (χ0n) is 18.6. The standard InChI is InChI=1S/C25H27Cl2N3O2S/c1-3-18(2)30(25(32)28-23-12-11-20(26)14-22(23)27)17-24(31)29(16-21-10-7-13-33-21)15-19-8-5-4-6-9-19/h4-14,18H,3,15-17H2,1-2H3,(H,28,32). The fourth-order valence-corrected chi connectivity index (χ4v) is 4.47. The average Bonchev–Trinajstić information content (AvgIpc) is 3.32. The Morgan fingerprint density at radius 1 is 1.03 bits per heavy atom. The molecule has 33 heavy (non-hydrogen) atoms. The number of carbonyl (C=O) groups excluding carboxylic acids is 2. The minimum atomic E-state index is -0.377. The first kappa shape index (κ1) is 25.1. The molecule has 3 rings (SSSR count). The minimum absolute atomic E-state index is 0.0374. The van der Waals surface area contributed by atoms with Crippen LogP contribution in [0.5, 0.6) is 0 Å². The molecular weight excluding hydrogens is 477 g/mol. The molecule has 2 aromatic carbocycles. The summed E-state index contributed by atoms with van der Waals surface area (Å²) in [7, 11) is 0. The maximum Gasteiger partial charge on any atom is 0.322 e. The summed E-state index contributed by atoms with van der Waals surface area (Å²) in [6.07, 6.45) is 0.707. The van der Waals surface area contributed by atoms with Gasteiger partial charge in [0.2, 0.25) is 5.91 Å². The van der Waals surface area contributed by atoms with Gasteiger partial charge in [0.25, 0.3) is 0 Å². The molecule has 0 saturated heterocycles. The van der Waals surface area contributed by atoms with Crippen molar-refractivity contribution in [1.82, 2.24) is 9.80 Å². The van der Waals surface area contributed by atoms with Crippen LogP contribution in [0.1, 0.15) is 30.7 Å². The summed E-state index contributed by atoms with van der Waals surface area (Å²) >= 11 is 13.8. The molecule has 0 spiro atoms. The van der Waals surface area contributed by atoms with E-state index >= 15 is 0 Å². The van der Waals surface area contributed by atoms with Crippen LogP contribution < -0.4 is 5.32 Å². The highest BCUT2D eigenvalue weighted by Gasteiger charge is 2.26. The van der Waals surface area contributed by atoms with Crippen molar-refractivity contribution in [3.63, 3.8) is 0 Å². The van der Waals surface area contributed by atoms with Gasteiger partial charge in [0.15, 0.2) is 0 Å². The van der Waals surface area contributed by atoms with Gasteiger partial charge in [0.1, 0.15) is 6.54 Å². The molecule has 0 aliphatic rings. The lowest BCUT2D eigenvalue weighted by Crippen LogP contribution is -2.47. The maximum atomic E-state index is 13.4. The van der Waals surface area contributed by atoms with E-state index in [-0.39, 0.29) is 24.5 Å². The lowest BCUT2D eigenvalue weighted by Gasteiger charge is -2.31. The molecule has 3 amide bonds.